The maximum atomic E-state index is 13.2. The summed E-state index contributed by atoms with van der Waals surface area (Å²) in [5.41, 5.74) is 3.09. The molecule has 6 nitrogen and oxygen atoms in total. The zero-order valence-electron chi connectivity index (χ0n) is 21.3. The lowest BCUT2D eigenvalue weighted by atomic mass is 9.90. The maximum absolute atomic E-state index is 13.2. The number of amides is 2. The minimum atomic E-state index is -0.389. The predicted molar refractivity (Wildman–Crippen MR) is 141 cm³/mol. The third-order valence-electron chi connectivity index (χ3n) is 8.24. The van der Waals surface area contributed by atoms with Crippen molar-refractivity contribution in [2.75, 3.05) is 38.1 Å². The Labute approximate surface area is 214 Å². The molecule has 0 N–H and O–H groups in total. The highest BCUT2D eigenvalue weighted by Crippen LogP contribution is 2.32. The van der Waals surface area contributed by atoms with Crippen LogP contribution in [0.3, 0.4) is 0 Å². The van der Waals surface area contributed by atoms with Gasteiger partial charge in [0.05, 0.1) is 11.3 Å². The number of ketones is 1. The summed E-state index contributed by atoms with van der Waals surface area (Å²) in [7, 11) is 1.72. The molecule has 0 aromatic heterocycles. The zero-order chi connectivity index (χ0) is 25.1. The fourth-order valence-corrected chi connectivity index (χ4v) is 6.06. The van der Waals surface area contributed by atoms with Gasteiger partial charge in [0.15, 0.2) is 5.78 Å². The molecule has 0 saturated carbocycles. The number of likely N-dealkylation sites (N-methyl/N-ethyl adjacent to an activating group) is 1. The molecule has 0 unspecified atom stereocenters. The van der Waals surface area contributed by atoms with Crippen LogP contribution < -0.4 is 4.90 Å². The minimum Gasteiger partial charge on any atom is -0.327 e. The summed E-state index contributed by atoms with van der Waals surface area (Å²) in [4.78, 5) is 45.1. The van der Waals surface area contributed by atoms with Crippen molar-refractivity contribution in [2.45, 2.75) is 57.4 Å². The monoisotopic (exact) mass is 487 g/mol. The first-order valence-corrected chi connectivity index (χ1v) is 13.5. The van der Waals surface area contributed by atoms with Gasteiger partial charge in [0, 0.05) is 25.6 Å². The Morgan fingerprint density at radius 2 is 1.72 bits per heavy atom. The molecule has 2 saturated heterocycles. The second kappa shape index (κ2) is 11.0. The lowest BCUT2D eigenvalue weighted by Crippen LogP contribution is -2.49. The van der Waals surface area contributed by atoms with Crippen LogP contribution >= 0.6 is 0 Å². The van der Waals surface area contributed by atoms with Crippen molar-refractivity contribution in [1.29, 1.82) is 0 Å². The van der Waals surface area contributed by atoms with E-state index in [1.165, 1.54) is 18.4 Å². The number of hydrogen-bond acceptors (Lipinski definition) is 4. The molecule has 5 rings (SSSR count). The first-order chi connectivity index (χ1) is 17.5. The van der Waals surface area contributed by atoms with Crippen LogP contribution in [0.25, 0.3) is 0 Å². The number of benzene rings is 2. The second-order valence-corrected chi connectivity index (χ2v) is 10.6. The summed E-state index contributed by atoms with van der Waals surface area (Å²) in [6.07, 6.45) is 7.46. The first-order valence-electron chi connectivity index (χ1n) is 13.5. The molecule has 2 fully saturated rings. The molecule has 0 spiro atoms. The van der Waals surface area contributed by atoms with E-state index in [0.717, 1.165) is 51.2 Å². The van der Waals surface area contributed by atoms with Gasteiger partial charge in [0.1, 0.15) is 6.04 Å². The van der Waals surface area contributed by atoms with Gasteiger partial charge in [-0.3, -0.25) is 14.4 Å². The van der Waals surface area contributed by atoms with E-state index in [0.29, 0.717) is 36.2 Å². The molecule has 36 heavy (non-hydrogen) atoms. The average molecular weight is 488 g/mol. The van der Waals surface area contributed by atoms with E-state index >= 15 is 0 Å². The van der Waals surface area contributed by atoms with Crippen LogP contribution in [0, 0.1) is 5.92 Å². The molecule has 190 valence electrons. The zero-order valence-corrected chi connectivity index (χ0v) is 21.3. The van der Waals surface area contributed by atoms with Crippen LogP contribution in [-0.2, 0) is 11.2 Å². The summed E-state index contributed by atoms with van der Waals surface area (Å²) in [6, 6.07) is 15.6. The molecule has 3 aliphatic heterocycles. The third kappa shape index (κ3) is 5.24. The molecule has 3 aliphatic rings. The van der Waals surface area contributed by atoms with E-state index in [-0.39, 0.29) is 23.6 Å². The number of rotatable bonds is 7. The van der Waals surface area contributed by atoms with Crippen LogP contribution in [0.4, 0.5) is 5.69 Å². The molecular weight excluding hydrogens is 450 g/mol. The fraction of sp³-hybridized carbons (Fsp3) is 0.500. The molecule has 6 heteroatoms. The Hall–Kier alpha value is -2.99. The molecule has 3 heterocycles. The van der Waals surface area contributed by atoms with Crippen molar-refractivity contribution >= 4 is 23.3 Å². The van der Waals surface area contributed by atoms with E-state index in [9.17, 15) is 14.4 Å². The Kier molecular flexibility index (Phi) is 7.51. The smallest absolute Gasteiger partial charge is 0.256 e. The van der Waals surface area contributed by atoms with Gasteiger partial charge in [-0.15, -0.1) is 0 Å². The standard InChI is InChI=1S/C30H37N3O3/c1-31-27-21-24(12-13-25(27)29(35)33-17-6-5-10-26(33)30(31)36)28(34)11-7-16-32-18-14-23(15-19-32)20-22-8-3-2-4-9-22/h2-4,8-9,12-13,21,23,26H,5-7,10-11,14-20H2,1H3/t26-/m1/s1. The van der Waals surface area contributed by atoms with Gasteiger partial charge in [-0.1, -0.05) is 36.4 Å². The van der Waals surface area contributed by atoms with Crippen LogP contribution in [0.15, 0.2) is 48.5 Å². The first kappa shape index (κ1) is 24.7. The topological polar surface area (TPSA) is 60.9 Å². The SMILES string of the molecule is CN1C(=O)[C@H]2CCCCN2C(=O)c2ccc(C(=O)CCCN3CCC(Cc4ccccc4)CC3)cc21. The van der Waals surface area contributed by atoms with Crippen molar-refractivity contribution in [1.82, 2.24) is 9.80 Å². The summed E-state index contributed by atoms with van der Waals surface area (Å²) >= 11 is 0. The molecule has 0 radical (unpaired) electrons. The van der Waals surface area contributed by atoms with Crippen molar-refractivity contribution in [3.05, 3.63) is 65.2 Å². The summed E-state index contributed by atoms with van der Waals surface area (Å²) < 4.78 is 0. The van der Waals surface area contributed by atoms with E-state index in [4.69, 9.17) is 0 Å². The highest BCUT2D eigenvalue weighted by Gasteiger charge is 2.39. The average Bonchev–Trinajstić information content (AvgIpc) is 3.00. The van der Waals surface area contributed by atoms with Crippen molar-refractivity contribution in [3.8, 4) is 0 Å². The van der Waals surface area contributed by atoms with Gasteiger partial charge in [-0.25, -0.2) is 0 Å². The van der Waals surface area contributed by atoms with Crippen molar-refractivity contribution in [3.63, 3.8) is 0 Å². The minimum absolute atomic E-state index is 0.0536. The Balaban J connectivity index is 1.15. The Morgan fingerprint density at radius 3 is 2.50 bits per heavy atom. The van der Waals surface area contributed by atoms with Crippen LogP contribution in [0.5, 0.6) is 0 Å². The largest absolute Gasteiger partial charge is 0.327 e. The lowest BCUT2D eigenvalue weighted by Gasteiger charge is -2.33. The predicted octanol–water partition coefficient (Wildman–Crippen LogP) is 4.58. The van der Waals surface area contributed by atoms with Gasteiger partial charge in [-0.05, 0) is 88.2 Å². The number of nitrogens with zero attached hydrogens (tertiary/aromatic N) is 3. The summed E-state index contributed by atoms with van der Waals surface area (Å²) in [6.45, 7) is 3.74. The molecule has 2 aromatic rings. The number of carbonyl (C=O) groups excluding carboxylic acids is 3. The number of likely N-dealkylation sites (tertiary alicyclic amines) is 1. The molecular formula is C30H37N3O3. The third-order valence-corrected chi connectivity index (χ3v) is 8.24. The van der Waals surface area contributed by atoms with Gasteiger partial charge in [0.25, 0.3) is 5.91 Å². The number of hydrogen-bond donors (Lipinski definition) is 0. The van der Waals surface area contributed by atoms with Crippen LogP contribution in [0.1, 0.15) is 71.2 Å². The van der Waals surface area contributed by atoms with Gasteiger partial charge in [-0.2, -0.15) is 0 Å². The molecule has 0 aliphatic carbocycles. The molecule has 0 bridgehead atoms. The fourth-order valence-electron chi connectivity index (χ4n) is 6.06. The van der Waals surface area contributed by atoms with E-state index < -0.39 is 0 Å². The lowest BCUT2D eigenvalue weighted by molar-refractivity contribution is -0.123. The number of anilines is 1. The van der Waals surface area contributed by atoms with Crippen LogP contribution in [0.2, 0.25) is 0 Å². The maximum Gasteiger partial charge on any atom is 0.256 e. The van der Waals surface area contributed by atoms with E-state index in [2.05, 4.69) is 35.2 Å². The van der Waals surface area contributed by atoms with Gasteiger partial charge in [0.2, 0.25) is 5.91 Å². The highest BCUT2D eigenvalue weighted by molar-refractivity contribution is 6.12. The van der Waals surface area contributed by atoms with E-state index in [1.807, 2.05) is 0 Å². The Morgan fingerprint density at radius 1 is 0.944 bits per heavy atom. The van der Waals surface area contributed by atoms with Gasteiger partial charge >= 0.3 is 0 Å². The quantitative estimate of drug-likeness (QED) is 0.537. The Bertz CT molecular complexity index is 1110. The summed E-state index contributed by atoms with van der Waals surface area (Å²) in [5, 5.41) is 0. The number of fused-ring (bicyclic) bond motifs is 2. The normalized spacial score (nSPS) is 21.2. The van der Waals surface area contributed by atoms with Crippen molar-refractivity contribution < 1.29 is 14.4 Å². The second-order valence-electron chi connectivity index (χ2n) is 10.6. The van der Waals surface area contributed by atoms with E-state index in [1.54, 1.807) is 35.0 Å². The van der Waals surface area contributed by atoms with Crippen molar-refractivity contribution in [2.24, 2.45) is 5.92 Å². The van der Waals surface area contributed by atoms with Gasteiger partial charge < -0.3 is 14.7 Å². The number of piperidine rings is 2. The summed E-state index contributed by atoms with van der Waals surface area (Å²) in [5.74, 6) is 0.670. The highest BCUT2D eigenvalue weighted by atomic mass is 16.2. The number of Topliss-reactive ketones (excluding diaryl/α,β-unsaturated/α-hetero) is 1. The number of carbonyl (C=O) groups is 3. The molecule has 2 aromatic carbocycles. The molecule has 2 amide bonds. The van der Waals surface area contributed by atoms with Crippen LogP contribution in [-0.4, -0.2) is 66.7 Å². The molecule has 1 atom stereocenters.